The van der Waals surface area contributed by atoms with Crippen LogP contribution >= 0.6 is 23.2 Å². The van der Waals surface area contributed by atoms with Gasteiger partial charge in [-0.15, -0.1) is 0 Å². The maximum Gasteiger partial charge on any atom is 0.321 e. The maximum absolute atomic E-state index is 15.2. The van der Waals surface area contributed by atoms with Gasteiger partial charge in [0.1, 0.15) is 17.3 Å². The first kappa shape index (κ1) is 22.6. The Kier molecular flexibility index (Phi) is 6.15. The zero-order valence-corrected chi connectivity index (χ0v) is 18.4. The van der Waals surface area contributed by atoms with Crippen molar-refractivity contribution in [3.8, 4) is 6.07 Å². The van der Waals surface area contributed by atoms with Gasteiger partial charge in [0.15, 0.2) is 0 Å². The zero-order chi connectivity index (χ0) is 22.3. The van der Waals surface area contributed by atoms with Gasteiger partial charge in [0.25, 0.3) is 0 Å². The lowest BCUT2D eigenvalue weighted by Gasteiger charge is -2.37. The van der Waals surface area contributed by atoms with Crippen LogP contribution in [0.3, 0.4) is 0 Å². The smallest absolute Gasteiger partial charge is 0.321 e. The fraction of sp³-hybridized carbons (Fsp3) is 0.391. The van der Waals surface area contributed by atoms with E-state index in [1.807, 2.05) is 20.8 Å². The molecule has 4 nitrogen and oxygen atoms in total. The number of carboxylic acids is 1. The van der Waals surface area contributed by atoms with Crippen molar-refractivity contribution in [1.82, 2.24) is 5.32 Å². The second-order valence-corrected chi connectivity index (χ2v) is 9.81. The van der Waals surface area contributed by atoms with E-state index in [0.29, 0.717) is 17.0 Å². The number of nitriles is 1. The van der Waals surface area contributed by atoms with Gasteiger partial charge in [0, 0.05) is 27.6 Å². The number of aliphatic carboxylic acids is 1. The lowest BCUT2D eigenvalue weighted by Crippen LogP contribution is -2.44. The molecule has 1 fully saturated rings. The van der Waals surface area contributed by atoms with E-state index >= 15 is 4.39 Å². The molecule has 1 aliphatic rings. The minimum absolute atomic E-state index is 0.130. The van der Waals surface area contributed by atoms with Gasteiger partial charge in [-0.1, -0.05) is 62.2 Å². The van der Waals surface area contributed by atoms with Crippen molar-refractivity contribution in [3.05, 3.63) is 69.5 Å². The van der Waals surface area contributed by atoms with E-state index in [2.05, 4.69) is 11.4 Å². The number of benzene rings is 2. The Labute approximate surface area is 185 Å². The molecule has 2 aromatic rings. The van der Waals surface area contributed by atoms with Crippen molar-refractivity contribution in [2.24, 2.45) is 5.41 Å². The van der Waals surface area contributed by atoms with E-state index in [-0.39, 0.29) is 16.0 Å². The zero-order valence-electron chi connectivity index (χ0n) is 16.9. The summed E-state index contributed by atoms with van der Waals surface area (Å²) in [7, 11) is 0. The maximum atomic E-state index is 15.2. The molecule has 0 radical (unpaired) electrons. The van der Waals surface area contributed by atoms with Crippen LogP contribution in [0.2, 0.25) is 10.0 Å². The van der Waals surface area contributed by atoms with Crippen molar-refractivity contribution in [2.45, 2.75) is 50.6 Å². The summed E-state index contributed by atoms with van der Waals surface area (Å²) < 4.78 is 15.2. The quantitative estimate of drug-likeness (QED) is 0.643. The van der Waals surface area contributed by atoms with Crippen molar-refractivity contribution >= 4 is 29.2 Å². The lowest BCUT2D eigenvalue weighted by molar-refractivity contribution is -0.139. The molecule has 158 valence electrons. The van der Waals surface area contributed by atoms with Crippen LogP contribution in [-0.4, -0.2) is 23.2 Å². The topological polar surface area (TPSA) is 73.1 Å². The van der Waals surface area contributed by atoms with Gasteiger partial charge in [0.05, 0.1) is 6.07 Å². The first-order valence-electron chi connectivity index (χ1n) is 9.60. The number of halogens is 3. The Morgan fingerprint density at radius 3 is 2.43 bits per heavy atom. The van der Waals surface area contributed by atoms with E-state index in [0.717, 1.165) is 6.07 Å². The van der Waals surface area contributed by atoms with E-state index in [1.165, 1.54) is 12.1 Å². The summed E-state index contributed by atoms with van der Waals surface area (Å²) in [6, 6.07) is 11.5. The summed E-state index contributed by atoms with van der Waals surface area (Å²) in [5.74, 6) is -2.60. The highest BCUT2D eigenvalue weighted by molar-refractivity contribution is 6.30. The molecule has 1 aliphatic heterocycles. The van der Waals surface area contributed by atoms with Crippen molar-refractivity contribution < 1.29 is 14.3 Å². The van der Waals surface area contributed by atoms with E-state index in [9.17, 15) is 15.2 Å². The van der Waals surface area contributed by atoms with E-state index < -0.39 is 35.2 Å². The molecule has 1 heterocycles. The average molecular weight is 449 g/mol. The first-order chi connectivity index (χ1) is 14.0. The Balaban J connectivity index is 2.33. The second-order valence-electron chi connectivity index (χ2n) is 8.94. The molecule has 2 N–H and O–H groups in total. The van der Waals surface area contributed by atoms with Crippen LogP contribution < -0.4 is 5.32 Å². The molecule has 4 atom stereocenters. The van der Waals surface area contributed by atoms with E-state index in [4.69, 9.17) is 23.2 Å². The molecule has 3 rings (SSSR count). The van der Waals surface area contributed by atoms with Crippen LogP contribution in [0.1, 0.15) is 44.2 Å². The molecule has 0 aromatic heterocycles. The molecule has 0 aliphatic carbocycles. The summed E-state index contributed by atoms with van der Waals surface area (Å²) >= 11 is 12.1. The number of nitrogens with one attached hydrogen (secondary N) is 1. The summed E-state index contributed by atoms with van der Waals surface area (Å²) in [6.45, 7) is 5.99. The third kappa shape index (κ3) is 4.05. The highest BCUT2D eigenvalue weighted by Gasteiger charge is 2.60. The Bertz CT molecular complexity index is 1010. The third-order valence-corrected chi connectivity index (χ3v) is 6.08. The number of hydrogen-bond donors (Lipinski definition) is 2. The predicted molar refractivity (Wildman–Crippen MR) is 115 cm³/mol. The average Bonchev–Trinajstić information content (AvgIpc) is 2.95. The summed E-state index contributed by atoms with van der Waals surface area (Å²) in [6.07, 6.45) is 0.462. The number of carboxylic acid groups (broad SMARTS) is 1. The molecule has 7 heteroatoms. The van der Waals surface area contributed by atoms with Gasteiger partial charge in [0.2, 0.25) is 0 Å². The van der Waals surface area contributed by atoms with Crippen molar-refractivity contribution in [1.29, 1.82) is 5.26 Å². The first-order valence-corrected chi connectivity index (χ1v) is 10.4. The molecule has 0 spiro atoms. The highest BCUT2D eigenvalue weighted by atomic mass is 35.5. The normalized spacial score (nSPS) is 26.4. The van der Waals surface area contributed by atoms with Crippen LogP contribution in [0, 0.1) is 22.6 Å². The molecular weight excluding hydrogens is 426 g/mol. The number of hydrogen-bond acceptors (Lipinski definition) is 3. The SMILES string of the molecule is CC(C)(C)C[C@@H]1N[C@@H](C(=O)O)[C@H](c2cccc(Cl)c2)[C@@]1(C#N)c1ccc(Cl)cc1F. The van der Waals surface area contributed by atoms with Crippen LogP contribution in [0.25, 0.3) is 0 Å². The molecule has 1 saturated heterocycles. The van der Waals surface area contributed by atoms with Crippen LogP contribution in [0.4, 0.5) is 4.39 Å². The Morgan fingerprint density at radius 1 is 1.23 bits per heavy atom. The van der Waals surface area contributed by atoms with Gasteiger partial charge in [-0.25, -0.2) is 4.39 Å². The van der Waals surface area contributed by atoms with Crippen LogP contribution in [0.5, 0.6) is 0 Å². The van der Waals surface area contributed by atoms with Crippen molar-refractivity contribution in [2.75, 3.05) is 0 Å². The van der Waals surface area contributed by atoms with Gasteiger partial charge in [-0.05, 0) is 41.7 Å². The fourth-order valence-corrected chi connectivity index (χ4v) is 4.87. The standard InChI is InChI=1S/C23H23Cl2FN2O2/c1-22(2,3)11-18-23(12-27,16-8-7-15(25)10-17(16)26)19(20(28-18)21(29)30)13-5-4-6-14(24)9-13/h4-10,18-20,28H,11H2,1-3H3,(H,29,30)/t18-,19-,20+,23-/m0/s1. The van der Waals surface area contributed by atoms with Crippen LogP contribution in [0.15, 0.2) is 42.5 Å². The van der Waals surface area contributed by atoms with Gasteiger partial charge >= 0.3 is 5.97 Å². The highest BCUT2D eigenvalue weighted by Crippen LogP contribution is 2.52. The predicted octanol–water partition coefficient (Wildman–Crippen LogP) is 5.54. The molecule has 0 saturated carbocycles. The van der Waals surface area contributed by atoms with Gasteiger partial charge in [-0.2, -0.15) is 5.26 Å². The Hall–Kier alpha value is -2.13. The molecular formula is C23H23Cl2FN2O2. The second kappa shape index (κ2) is 8.19. The molecule has 0 amide bonds. The van der Waals surface area contributed by atoms with Crippen molar-refractivity contribution in [3.63, 3.8) is 0 Å². The summed E-state index contributed by atoms with van der Waals surface area (Å²) in [5.41, 5.74) is -1.02. The summed E-state index contributed by atoms with van der Waals surface area (Å²) in [5, 5.41) is 24.3. The fourth-order valence-electron chi connectivity index (χ4n) is 4.51. The van der Waals surface area contributed by atoms with Gasteiger partial charge in [-0.3, -0.25) is 10.1 Å². The molecule has 30 heavy (non-hydrogen) atoms. The third-order valence-electron chi connectivity index (χ3n) is 5.61. The summed E-state index contributed by atoms with van der Waals surface area (Å²) in [4.78, 5) is 12.2. The number of rotatable bonds is 4. The number of nitrogens with zero attached hydrogens (tertiary/aromatic N) is 1. The number of carbonyl (C=O) groups is 1. The lowest BCUT2D eigenvalue weighted by atomic mass is 9.63. The molecule has 2 aromatic carbocycles. The monoisotopic (exact) mass is 448 g/mol. The van der Waals surface area contributed by atoms with E-state index in [1.54, 1.807) is 24.3 Å². The molecule has 0 unspecified atom stereocenters. The largest absolute Gasteiger partial charge is 0.480 e. The molecule has 0 bridgehead atoms. The van der Waals surface area contributed by atoms with Crippen LogP contribution in [-0.2, 0) is 10.2 Å². The van der Waals surface area contributed by atoms with Gasteiger partial charge < -0.3 is 5.11 Å². The minimum atomic E-state index is -1.48. The Morgan fingerprint density at radius 2 is 1.90 bits per heavy atom. The minimum Gasteiger partial charge on any atom is -0.480 e.